The van der Waals surface area contributed by atoms with Crippen molar-refractivity contribution >= 4 is 27.3 Å². The Hall–Kier alpha value is -1.74. The quantitative estimate of drug-likeness (QED) is 0.768. The van der Waals surface area contributed by atoms with Gasteiger partial charge in [-0.05, 0) is 56.7 Å². The van der Waals surface area contributed by atoms with E-state index in [4.69, 9.17) is 0 Å². The lowest BCUT2D eigenvalue weighted by atomic mass is 10.1. The number of hydrogen-bond acceptors (Lipinski definition) is 5. The Morgan fingerprint density at radius 1 is 1.21 bits per heavy atom. The van der Waals surface area contributed by atoms with E-state index < -0.39 is 10.0 Å². The molecule has 0 spiro atoms. The number of carbonyl (C=O) groups is 1. The van der Waals surface area contributed by atoms with Crippen molar-refractivity contribution in [1.29, 1.82) is 0 Å². The number of amides is 1. The molecular weight excluding hydrogens is 348 g/mol. The third-order valence-corrected chi connectivity index (χ3v) is 5.77. The summed E-state index contributed by atoms with van der Waals surface area (Å²) >= 11 is 1.69. The largest absolute Gasteiger partial charge is 0.345 e. The molecule has 1 heterocycles. The maximum absolute atomic E-state index is 12.3. The number of sulfonamides is 1. The van der Waals surface area contributed by atoms with Crippen LogP contribution < -0.4 is 10.2 Å². The van der Waals surface area contributed by atoms with Crippen LogP contribution >= 0.6 is 11.3 Å². The molecule has 0 radical (unpaired) electrons. The van der Waals surface area contributed by atoms with Crippen LogP contribution in [0.25, 0.3) is 0 Å². The number of rotatable bonds is 6. The smallest absolute Gasteiger partial charge is 0.262 e. The van der Waals surface area contributed by atoms with Crippen LogP contribution in [0.1, 0.15) is 38.6 Å². The third kappa shape index (κ3) is 4.21. The van der Waals surface area contributed by atoms with E-state index in [9.17, 15) is 13.2 Å². The monoisotopic (exact) mass is 368 g/mol. The highest BCUT2D eigenvalue weighted by Crippen LogP contribution is 2.26. The van der Waals surface area contributed by atoms with E-state index in [0.717, 1.165) is 5.56 Å². The minimum atomic E-state index is -3.72. The number of benzene rings is 1. The van der Waals surface area contributed by atoms with Crippen LogP contribution in [0.3, 0.4) is 0 Å². The zero-order valence-corrected chi connectivity index (χ0v) is 15.5. The van der Waals surface area contributed by atoms with Crippen LogP contribution in [-0.2, 0) is 14.9 Å². The molecule has 0 aliphatic carbocycles. The molecule has 130 valence electrons. The Kier molecular flexibility index (Phi) is 5.76. The lowest BCUT2D eigenvalue weighted by Gasteiger charge is -2.14. The van der Waals surface area contributed by atoms with Gasteiger partial charge in [-0.1, -0.05) is 4.89 Å². The van der Waals surface area contributed by atoms with E-state index in [0.29, 0.717) is 5.56 Å². The molecule has 8 heteroatoms. The van der Waals surface area contributed by atoms with E-state index in [1.807, 2.05) is 25.7 Å². The van der Waals surface area contributed by atoms with E-state index in [1.54, 1.807) is 11.3 Å². The van der Waals surface area contributed by atoms with Gasteiger partial charge in [0.1, 0.15) is 0 Å². The molecule has 0 fully saturated rings. The van der Waals surface area contributed by atoms with E-state index in [-0.39, 0.29) is 16.8 Å². The van der Waals surface area contributed by atoms with Crippen molar-refractivity contribution in [2.75, 3.05) is 7.11 Å². The zero-order valence-electron chi connectivity index (χ0n) is 13.9. The van der Waals surface area contributed by atoms with Crippen molar-refractivity contribution in [2.45, 2.75) is 31.7 Å². The zero-order chi connectivity index (χ0) is 17.9. The number of thiophene rings is 1. The minimum Gasteiger partial charge on any atom is -0.345 e. The summed E-state index contributed by atoms with van der Waals surface area (Å²) in [5.41, 5.74) is 1.48. The standard InChI is InChI=1S/C16H20N2O4S2/c1-10-9-15(12(3)23-10)11(2)17-16(19)13-5-7-14(8-6-13)24(20,21)18-22-4/h5-9,11,18H,1-4H3,(H,17,19)/t11-/m0/s1. The lowest BCUT2D eigenvalue weighted by molar-refractivity contribution is 0.0939. The average Bonchev–Trinajstić information content (AvgIpc) is 2.86. The molecule has 2 N–H and O–H groups in total. The number of nitrogens with one attached hydrogen (secondary N) is 2. The van der Waals surface area contributed by atoms with Crippen molar-refractivity contribution in [3.63, 3.8) is 0 Å². The first-order valence-corrected chi connectivity index (χ1v) is 9.57. The predicted octanol–water partition coefficient (Wildman–Crippen LogP) is 2.70. The molecule has 6 nitrogen and oxygen atoms in total. The highest BCUT2D eigenvalue weighted by atomic mass is 32.2. The van der Waals surface area contributed by atoms with Crippen LogP contribution in [0, 0.1) is 13.8 Å². The summed E-state index contributed by atoms with van der Waals surface area (Å²) in [6, 6.07) is 7.61. The van der Waals surface area contributed by atoms with Crippen molar-refractivity contribution in [3.8, 4) is 0 Å². The Morgan fingerprint density at radius 2 is 1.83 bits per heavy atom. The fourth-order valence-electron chi connectivity index (χ4n) is 2.38. The summed E-state index contributed by atoms with van der Waals surface area (Å²) in [7, 11) is -2.51. The fraction of sp³-hybridized carbons (Fsp3) is 0.312. The summed E-state index contributed by atoms with van der Waals surface area (Å²) in [6.45, 7) is 5.98. The van der Waals surface area contributed by atoms with Crippen molar-refractivity contribution < 1.29 is 18.0 Å². The van der Waals surface area contributed by atoms with Gasteiger partial charge in [0.05, 0.1) is 18.0 Å². The van der Waals surface area contributed by atoms with Crippen LogP contribution in [0.2, 0.25) is 0 Å². The van der Waals surface area contributed by atoms with Crippen LogP contribution in [0.5, 0.6) is 0 Å². The molecule has 24 heavy (non-hydrogen) atoms. The first-order chi connectivity index (χ1) is 11.2. The highest BCUT2D eigenvalue weighted by molar-refractivity contribution is 7.89. The highest BCUT2D eigenvalue weighted by Gasteiger charge is 2.17. The second-order valence-electron chi connectivity index (χ2n) is 5.38. The Bertz CT molecular complexity index is 826. The number of hydrogen-bond donors (Lipinski definition) is 2. The van der Waals surface area contributed by atoms with E-state index in [2.05, 4.69) is 16.2 Å². The molecule has 1 aromatic heterocycles. The van der Waals surface area contributed by atoms with Gasteiger partial charge in [0.25, 0.3) is 15.9 Å². The maximum Gasteiger partial charge on any atom is 0.262 e. The number of carbonyl (C=O) groups excluding carboxylic acids is 1. The number of aryl methyl sites for hydroxylation is 2. The molecule has 2 rings (SSSR count). The van der Waals surface area contributed by atoms with Gasteiger partial charge in [-0.25, -0.2) is 8.42 Å². The Morgan fingerprint density at radius 3 is 2.33 bits per heavy atom. The van der Waals surface area contributed by atoms with Crippen LogP contribution in [-0.4, -0.2) is 21.4 Å². The molecule has 0 unspecified atom stereocenters. The summed E-state index contributed by atoms with van der Waals surface area (Å²) in [5.74, 6) is -0.255. The molecule has 1 aromatic carbocycles. The average molecular weight is 368 g/mol. The summed E-state index contributed by atoms with van der Waals surface area (Å²) in [5, 5.41) is 2.93. The third-order valence-electron chi connectivity index (χ3n) is 3.51. The molecule has 0 aliphatic rings. The summed E-state index contributed by atoms with van der Waals surface area (Å²) < 4.78 is 23.6. The van der Waals surface area contributed by atoms with Gasteiger partial charge in [-0.3, -0.25) is 9.63 Å². The second-order valence-corrected chi connectivity index (χ2v) is 8.48. The van der Waals surface area contributed by atoms with E-state index in [1.165, 1.54) is 41.1 Å². The summed E-state index contributed by atoms with van der Waals surface area (Å²) in [6.07, 6.45) is 0. The first kappa shape index (κ1) is 18.6. The molecule has 0 aliphatic heterocycles. The first-order valence-electron chi connectivity index (χ1n) is 7.27. The van der Waals surface area contributed by atoms with Crippen molar-refractivity contribution in [1.82, 2.24) is 10.2 Å². The lowest BCUT2D eigenvalue weighted by Crippen LogP contribution is -2.27. The molecule has 1 amide bonds. The summed E-state index contributed by atoms with van der Waals surface area (Å²) in [4.78, 5) is 21.1. The Balaban J connectivity index is 2.12. The van der Waals surface area contributed by atoms with Gasteiger partial charge < -0.3 is 5.32 Å². The molecular formula is C16H20N2O4S2. The van der Waals surface area contributed by atoms with Crippen LogP contribution in [0.4, 0.5) is 0 Å². The van der Waals surface area contributed by atoms with Crippen LogP contribution in [0.15, 0.2) is 35.2 Å². The van der Waals surface area contributed by atoms with E-state index >= 15 is 0 Å². The van der Waals surface area contributed by atoms with Crippen molar-refractivity contribution in [3.05, 3.63) is 51.2 Å². The van der Waals surface area contributed by atoms with Gasteiger partial charge in [0, 0.05) is 15.3 Å². The maximum atomic E-state index is 12.3. The molecule has 1 atom stereocenters. The van der Waals surface area contributed by atoms with Gasteiger partial charge in [-0.2, -0.15) is 0 Å². The second kappa shape index (κ2) is 7.43. The predicted molar refractivity (Wildman–Crippen MR) is 93.4 cm³/mol. The van der Waals surface area contributed by atoms with Gasteiger partial charge in [-0.15, -0.1) is 11.3 Å². The fourth-order valence-corrected chi connectivity index (χ4v) is 4.21. The van der Waals surface area contributed by atoms with Gasteiger partial charge >= 0.3 is 0 Å². The molecule has 0 bridgehead atoms. The van der Waals surface area contributed by atoms with Gasteiger partial charge in [0.15, 0.2) is 0 Å². The molecule has 2 aromatic rings. The molecule has 0 saturated carbocycles. The van der Waals surface area contributed by atoms with Crippen molar-refractivity contribution in [2.24, 2.45) is 0 Å². The normalized spacial score (nSPS) is 12.8. The topological polar surface area (TPSA) is 84.5 Å². The Labute approximate surface area is 145 Å². The SMILES string of the molecule is CONS(=O)(=O)c1ccc(C(=O)N[C@@H](C)c2cc(C)sc2C)cc1. The molecule has 0 saturated heterocycles. The minimum absolute atomic E-state index is 0.0262. The van der Waals surface area contributed by atoms with Gasteiger partial charge in [0.2, 0.25) is 0 Å².